The molecule has 0 heterocycles. The first-order valence-electron chi connectivity index (χ1n) is 20.5. The van der Waals surface area contributed by atoms with Crippen molar-refractivity contribution in [2.24, 2.45) is 5.92 Å². The molecule has 1 unspecified atom stereocenters. The highest BCUT2D eigenvalue weighted by Gasteiger charge is 2.12. The molecule has 0 rings (SSSR count). The number of hydrogen-bond donors (Lipinski definition) is 2. The topological polar surface area (TPSA) is 93.1 Å². The van der Waals surface area contributed by atoms with E-state index in [-0.39, 0.29) is 25.2 Å². The van der Waals surface area contributed by atoms with Gasteiger partial charge in [-0.1, -0.05) is 179 Å². The van der Waals surface area contributed by atoms with E-state index in [4.69, 9.17) is 9.47 Å². The molecule has 2 atom stereocenters. The quantitative estimate of drug-likeness (QED) is 0.0294. The van der Waals surface area contributed by atoms with Crippen molar-refractivity contribution in [3.8, 4) is 0 Å². The summed E-state index contributed by atoms with van der Waals surface area (Å²) >= 11 is 0. The van der Waals surface area contributed by atoms with Crippen LogP contribution in [-0.2, 0) is 19.1 Å². The fourth-order valence-corrected chi connectivity index (χ4v) is 5.78. The predicted molar refractivity (Wildman–Crippen MR) is 207 cm³/mol. The molecule has 286 valence electrons. The van der Waals surface area contributed by atoms with Gasteiger partial charge in [-0.15, -0.1) is 0 Å². The Morgan fingerprint density at radius 2 is 0.980 bits per heavy atom. The third-order valence-electron chi connectivity index (χ3n) is 8.90. The Balaban J connectivity index is 3.47. The van der Waals surface area contributed by atoms with Crippen molar-refractivity contribution in [3.63, 3.8) is 0 Å². The summed E-state index contributed by atoms with van der Waals surface area (Å²) in [5.74, 6) is 0.242. The normalized spacial score (nSPS) is 13.3. The molecule has 0 saturated heterocycles. The maximum atomic E-state index is 12.0. The molecular weight excluding hydrogens is 612 g/mol. The van der Waals surface area contributed by atoms with Crippen LogP contribution in [0.3, 0.4) is 0 Å². The smallest absolute Gasteiger partial charge is 0.305 e. The third-order valence-corrected chi connectivity index (χ3v) is 8.90. The fourth-order valence-electron chi connectivity index (χ4n) is 5.78. The van der Waals surface area contributed by atoms with Crippen LogP contribution in [-0.4, -0.2) is 47.6 Å². The van der Waals surface area contributed by atoms with Crippen LogP contribution in [0, 0.1) is 5.92 Å². The number of aliphatic hydroxyl groups excluding tert-OH is 2. The molecule has 0 amide bonds. The monoisotopic (exact) mass is 691 g/mol. The van der Waals surface area contributed by atoms with E-state index < -0.39 is 12.2 Å². The summed E-state index contributed by atoms with van der Waals surface area (Å²) in [6.07, 6.45) is 41.1. The number of carbonyl (C=O) groups is 2. The molecule has 0 saturated carbocycles. The number of rotatable bonds is 36. The van der Waals surface area contributed by atoms with E-state index in [2.05, 4.69) is 32.9 Å². The van der Waals surface area contributed by atoms with E-state index in [9.17, 15) is 19.8 Å². The largest absolute Gasteiger partial charge is 0.463 e. The lowest BCUT2D eigenvalue weighted by Crippen LogP contribution is -2.25. The van der Waals surface area contributed by atoms with Gasteiger partial charge in [0, 0.05) is 12.8 Å². The first kappa shape index (κ1) is 47.1. The minimum atomic E-state index is -0.985. The van der Waals surface area contributed by atoms with E-state index in [1.807, 2.05) is 24.3 Å². The molecule has 6 nitrogen and oxygen atoms in total. The van der Waals surface area contributed by atoms with Gasteiger partial charge >= 0.3 is 11.9 Å². The standard InChI is InChI=1S/C43H78O6/c1-4-5-27-33-40(44)34-29-24-20-16-14-18-22-26-31-36-43(47)49-38-41(45)37-48-42(46)35-30-25-21-17-13-11-9-7-6-8-10-12-15-19-23-28-32-39(2)3/h5,20,24,27,29,34,39-41,44-45H,4,6-19,21-23,25-26,28,30-33,35-38H2,1-3H3/b24-20+,27-5+,34-29+/t40?,41-/m0/s1. The average Bonchev–Trinajstić information content (AvgIpc) is 3.08. The summed E-state index contributed by atoms with van der Waals surface area (Å²) in [5.41, 5.74) is 0. The third kappa shape index (κ3) is 38.7. The van der Waals surface area contributed by atoms with Crippen molar-refractivity contribution in [3.05, 3.63) is 36.5 Å². The maximum Gasteiger partial charge on any atom is 0.305 e. The van der Waals surface area contributed by atoms with E-state index in [1.54, 1.807) is 0 Å². The molecule has 0 aromatic carbocycles. The van der Waals surface area contributed by atoms with Gasteiger partial charge in [-0.25, -0.2) is 0 Å². The van der Waals surface area contributed by atoms with Crippen molar-refractivity contribution < 1.29 is 29.3 Å². The van der Waals surface area contributed by atoms with E-state index in [0.717, 1.165) is 70.1 Å². The SMILES string of the molecule is CC/C=C/CC(O)/C=C/C=C/CCCCCCCC(=O)OC[C@@H](O)COC(=O)CCCCCCCCCCCCCCCCCCC(C)C. The lowest BCUT2D eigenvalue weighted by molar-refractivity contribution is -0.152. The summed E-state index contributed by atoms with van der Waals surface area (Å²) in [6.45, 7) is 6.44. The second-order valence-electron chi connectivity index (χ2n) is 14.4. The number of esters is 2. The van der Waals surface area contributed by atoms with Crippen LogP contribution in [0.25, 0.3) is 0 Å². The lowest BCUT2D eigenvalue weighted by Gasteiger charge is -2.12. The van der Waals surface area contributed by atoms with Gasteiger partial charge in [0.2, 0.25) is 0 Å². The van der Waals surface area contributed by atoms with Crippen LogP contribution in [0.2, 0.25) is 0 Å². The fraction of sp³-hybridized carbons (Fsp3) is 0.814. The van der Waals surface area contributed by atoms with Crippen molar-refractivity contribution in [2.75, 3.05) is 13.2 Å². The first-order chi connectivity index (χ1) is 23.8. The van der Waals surface area contributed by atoms with Crippen LogP contribution in [0.5, 0.6) is 0 Å². The second kappa shape index (κ2) is 37.3. The summed E-state index contributed by atoms with van der Waals surface area (Å²) in [7, 11) is 0. The van der Waals surface area contributed by atoms with Crippen molar-refractivity contribution in [1.29, 1.82) is 0 Å². The highest BCUT2D eigenvalue weighted by atomic mass is 16.6. The molecule has 0 radical (unpaired) electrons. The molecule has 2 N–H and O–H groups in total. The molecule has 0 aliphatic heterocycles. The van der Waals surface area contributed by atoms with Gasteiger partial charge < -0.3 is 19.7 Å². The Morgan fingerprint density at radius 1 is 0.551 bits per heavy atom. The van der Waals surface area contributed by atoms with Crippen molar-refractivity contribution >= 4 is 11.9 Å². The zero-order chi connectivity index (χ0) is 36.0. The minimum absolute atomic E-state index is 0.133. The van der Waals surface area contributed by atoms with Crippen LogP contribution in [0.15, 0.2) is 36.5 Å². The van der Waals surface area contributed by atoms with Crippen LogP contribution in [0.1, 0.15) is 194 Å². The van der Waals surface area contributed by atoms with E-state index in [1.165, 1.54) is 89.9 Å². The molecule has 0 aliphatic carbocycles. The molecule has 0 bridgehead atoms. The van der Waals surface area contributed by atoms with Crippen LogP contribution < -0.4 is 0 Å². The molecule has 0 spiro atoms. The molecule has 0 aromatic rings. The number of carbonyl (C=O) groups excluding carboxylic acids is 2. The minimum Gasteiger partial charge on any atom is -0.463 e. The molecule has 6 heteroatoms. The summed E-state index contributed by atoms with van der Waals surface area (Å²) in [4.78, 5) is 24.0. The Labute approximate surface area is 302 Å². The van der Waals surface area contributed by atoms with Gasteiger partial charge in [-0.05, 0) is 44.4 Å². The maximum absolute atomic E-state index is 12.0. The number of hydrogen-bond acceptors (Lipinski definition) is 6. The first-order valence-corrected chi connectivity index (χ1v) is 20.5. The molecule has 0 fully saturated rings. The Morgan fingerprint density at radius 3 is 1.43 bits per heavy atom. The number of aliphatic hydroxyl groups is 2. The highest BCUT2D eigenvalue weighted by molar-refractivity contribution is 5.69. The van der Waals surface area contributed by atoms with Gasteiger partial charge in [0.25, 0.3) is 0 Å². The van der Waals surface area contributed by atoms with Crippen LogP contribution >= 0.6 is 0 Å². The Bertz CT molecular complexity index is 817. The highest BCUT2D eigenvalue weighted by Crippen LogP contribution is 2.15. The lowest BCUT2D eigenvalue weighted by atomic mass is 10.0. The average molecular weight is 691 g/mol. The zero-order valence-corrected chi connectivity index (χ0v) is 32.2. The number of unbranched alkanes of at least 4 members (excludes halogenated alkanes) is 20. The van der Waals surface area contributed by atoms with Gasteiger partial charge in [-0.2, -0.15) is 0 Å². The van der Waals surface area contributed by atoms with E-state index >= 15 is 0 Å². The molecule has 0 aromatic heterocycles. The number of ether oxygens (including phenoxy) is 2. The van der Waals surface area contributed by atoms with Crippen molar-refractivity contribution in [2.45, 2.75) is 206 Å². The van der Waals surface area contributed by atoms with Gasteiger partial charge in [0.15, 0.2) is 0 Å². The van der Waals surface area contributed by atoms with Gasteiger partial charge in [0.05, 0.1) is 6.10 Å². The molecule has 0 aliphatic rings. The predicted octanol–water partition coefficient (Wildman–Crippen LogP) is 11.7. The van der Waals surface area contributed by atoms with Gasteiger partial charge in [0.1, 0.15) is 19.3 Å². The molecular formula is C43H78O6. The Hall–Kier alpha value is -1.92. The van der Waals surface area contributed by atoms with E-state index in [0.29, 0.717) is 19.3 Å². The van der Waals surface area contributed by atoms with Crippen molar-refractivity contribution in [1.82, 2.24) is 0 Å². The van der Waals surface area contributed by atoms with Crippen LogP contribution in [0.4, 0.5) is 0 Å². The summed E-state index contributed by atoms with van der Waals surface area (Å²) in [6, 6.07) is 0. The summed E-state index contributed by atoms with van der Waals surface area (Å²) in [5, 5.41) is 19.8. The van der Waals surface area contributed by atoms with Gasteiger partial charge in [-0.3, -0.25) is 9.59 Å². The summed E-state index contributed by atoms with van der Waals surface area (Å²) < 4.78 is 10.3. The molecule has 49 heavy (non-hydrogen) atoms. The Kier molecular flexibility index (Phi) is 35.9. The second-order valence-corrected chi connectivity index (χ2v) is 14.4. The zero-order valence-electron chi connectivity index (χ0n) is 32.2. The number of allylic oxidation sites excluding steroid dienone is 4.